The van der Waals surface area contributed by atoms with E-state index in [1.807, 2.05) is 109 Å². The lowest BCUT2D eigenvalue weighted by Gasteiger charge is -2.19. The number of rotatable bonds is 12. The Bertz CT molecular complexity index is 2250. The second-order valence-corrected chi connectivity index (χ2v) is 13.7. The zero-order chi connectivity index (χ0) is 35.8. The van der Waals surface area contributed by atoms with Gasteiger partial charge in [-0.2, -0.15) is 0 Å². The highest BCUT2D eigenvalue weighted by molar-refractivity contribution is 7.92. The van der Waals surface area contributed by atoms with E-state index in [-0.39, 0.29) is 27.6 Å². The van der Waals surface area contributed by atoms with Gasteiger partial charge in [0.1, 0.15) is 17.5 Å². The summed E-state index contributed by atoms with van der Waals surface area (Å²) in [6, 6.07) is 43.8. The Hall–Kier alpha value is -5.90. The molecule has 0 aromatic heterocycles. The number of carbonyl (C=O) groups is 2. The van der Waals surface area contributed by atoms with Crippen molar-refractivity contribution in [3.8, 4) is 33.8 Å². The molecule has 6 aromatic carbocycles. The van der Waals surface area contributed by atoms with E-state index in [0.29, 0.717) is 11.5 Å². The molecule has 2 N–H and O–H groups in total. The van der Waals surface area contributed by atoms with Crippen molar-refractivity contribution in [1.82, 2.24) is 5.32 Å². The highest BCUT2D eigenvalue weighted by Crippen LogP contribution is 2.33. The number of hydrogen-bond acceptors (Lipinski definition) is 6. The van der Waals surface area contributed by atoms with Gasteiger partial charge in [0.15, 0.2) is 0 Å². The molecule has 0 saturated heterocycles. The van der Waals surface area contributed by atoms with Crippen molar-refractivity contribution in [2.45, 2.75) is 17.4 Å². The molecule has 0 spiro atoms. The molecule has 256 valence electrons. The fourth-order valence-corrected chi connectivity index (χ4v) is 6.74. The minimum absolute atomic E-state index is 0.00612. The Labute approximate surface area is 301 Å². The van der Waals surface area contributed by atoms with E-state index >= 15 is 0 Å². The molecule has 0 heterocycles. The molecule has 0 aliphatic heterocycles. The number of hydrogen-bond donors (Lipinski definition) is 2. The van der Waals surface area contributed by atoms with Crippen LogP contribution < -0.4 is 14.8 Å². The number of halogens is 1. The predicted molar refractivity (Wildman–Crippen MR) is 200 cm³/mol. The maximum atomic E-state index is 13.7. The molecular weight excluding hydrogens is 684 g/mol. The fraction of sp³-hybridized carbons (Fsp3) is 0.0732. The molecule has 0 bridgehead atoms. The first-order chi connectivity index (χ1) is 24.7. The van der Waals surface area contributed by atoms with Crippen molar-refractivity contribution < 1.29 is 27.5 Å². The number of amides is 1. The van der Waals surface area contributed by atoms with E-state index in [1.165, 1.54) is 37.4 Å². The summed E-state index contributed by atoms with van der Waals surface area (Å²) in [5, 5.41) is 2.91. The van der Waals surface area contributed by atoms with Crippen LogP contribution in [0.4, 0.5) is 5.69 Å². The number of benzene rings is 6. The quantitative estimate of drug-likeness (QED) is 0.123. The van der Waals surface area contributed by atoms with E-state index in [9.17, 15) is 18.0 Å². The molecule has 0 saturated carbocycles. The van der Waals surface area contributed by atoms with Crippen LogP contribution in [-0.2, 0) is 26.0 Å². The molecule has 1 atom stereocenters. The number of sulfonamides is 1. The predicted octanol–water partition coefficient (Wildman–Crippen LogP) is 8.78. The zero-order valence-electron chi connectivity index (χ0n) is 27.5. The monoisotopic (exact) mass is 716 g/mol. The van der Waals surface area contributed by atoms with Crippen LogP contribution in [0.2, 0.25) is 5.02 Å². The van der Waals surface area contributed by atoms with Gasteiger partial charge in [0.05, 0.1) is 23.3 Å². The van der Waals surface area contributed by atoms with Gasteiger partial charge in [0.2, 0.25) is 0 Å². The Morgan fingerprint density at radius 2 is 1.31 bits per heavy atom. The summed E-state index contributed by atoms with van der Waals surface area (Å²) >= 11 is 6.24. The molecular formula is C41H33ClN2O6S. The molecule has 0 unspecified atom stereocenters. The van der Waals surface area contributed by atoms with Crippen molar-refractivity contribution >= 4 is 39.2 Å². The van der Waals surface area contributed by atoms with E-state index in [2.05, 4.69) is 10.0 Å². The van der Waals surface area contributed by atoms with Crippen molar-refractivity contribution in [3.63, 3.8) is 0 Å². The number of carbonyl (C=O) groups excluding carboxylic acids is 2. The minimum Gasteiger partial charge on any atom is -0.467 e. The van der Waals surface area contributed by atoms with Gasteiger partial charge in [-0.1, -0.05) is 115 Å². The summed E-state index contributed by atoms with van der Waals surface area (Å²) in [6.45, 7) is 0. The number of ether oxygens (including phenoxy) is 2. The van der Waals surface area contributed by atoms with Gasteiger partial charge >= 0.3 is 5.97 Å². The zero-order valence-corrected chi connectivity index (χ0v) is 29.0. The number of para-hydroxylation sites is 2. The lowest BCUT2D eigenvalue weighted by molar-refractivity contribution is -0.142. The first kappa shape index (κ1) is 34.9. The maximum absolute atomic E-state index is 13.7. The summed E-state index contributed by atoms with van der Waals surface area (Å²) in [7, 11) is -2.87. The minimum atomic E-state index is -4.10. The Morgan fingerprint density at radius 3 is 2.00 bits per heavy atom. The first-order valence-electron chi connectivity index (χ1n) is 16.0. The third-order valence-corrected chi connectivity index (χ3v) is 9.71. The second-order valence-electron chi connectivity index (χ2n) is 11.5. The van der Waals surface area contributed by atoms with Crippen molar-refractivity contribution in [3.05, 3.63) is 168 Å². The molecule has 1 amide bonds. The number of esters is 1. The lowest BCUT2D eigenvalue weighted by atomic mass is 9.99. The Balaban J connectivity index is 1.18. The van der Waals surface area contributed by atoms with E-state index in [4.69, 9.17) is 21.1 Å². The SMILES string of the molecule is COC(=O)[C@H](Cc1ccc(-c2ccccc2Oc2ccccc2)cc1)NC(=O)c1cc(Cl)ccc1NS(=O)(=O)c1ccc(-c2ccccc2)cc1. The normalized spacial score (nSPS) is 11.6. The van der Waals surface area contributed by atoms with Crippen LogP contribution >= 0.6 is 11.6 Å². The first-order valence-corrected chi connectivity index (χ1v) is 17.8. The van der Waals surface area contributed by atoms with Crippen LogP contribution in [0, 0.1) is 0 Å². The second kappa shape index (κ2) is 15.8. The molecule has 51 heavy (non-hydrogen) atoms. The molecule has 10 heteroatoms. The summed E-state index contributed by atoms with van der Waals surface area (Å²) < 4.78 is 40.5. The van der Waals surface area contributed by atoms with Crippen molar-refractivity contribution in [2.24, 2.45) is 0 Å². The summed E-state index contributed by atoms with van der Waals surface area (Å²) in [5.74, 6) is 0.0185. The van der Waals surface area contributed by atoms with E-state index in [0.717, 1.165) is 27.8 Å². The topological polar surface area (TPSA) is 111 Å². The molecule has 0 radical (unpaired) electrons. The van der Waals surface area contributed by atoms with Crippen LogP contribution in [0.5, 0.6) is 11.5 Å². The third kappa shape index (κ3) is 8.64. The standard InChI is InChI=1S/C41H33ClN2O6S/c1-49-41(46)38(26-28-16-18-31(19-17-28)35-14-8-9-15-39(35)50-33-12-6-3-7-13-33)43-40(45)36-27-32(42)22-25-37(36)44-51(47,48)34-23-20-30(21-24-34)29-10-4-2-5-11-29/h2-25,27,38,44H,26H2,1H3,(H,43,45)/t38-/m0/s1. The molecule has 0 aliphatic rings. The van der Waals surface area contributed by atoms with Crippen molar-refractivity contribution in [2.75, 3.05) is 11.8 Å². The highest BCUT2D eigenvalue weighted by Gasteiger charge is 2.26. The lowest BCUT2D eigenvalue weighted by Crippen LogP contribution is -2.43. The number of nitrogens with one attached hydrogen (secondary N) is 2. The van der Waals surface area contributed by atoms with E-state index in [1.54, 1.807) is 12.1 Å². The van der Waals surface area contributed by atoms with Gasteiger partial charge in [-0.05, 0) is 70.8 Å². The molecule has 8 nitrogen and oxygen atoms in total. The average Bonchev–Trinajstić information content (AvgIpc) is 3.16. The molecule has 6 rings (SSSR count). The Morgan fingerprint density at radius 1 is 0.706 bits per heavy atom. The molecule has 6 aromatic rings. The fourth-order valence-electron chi connectivity index (χ4n) is 5.49. The summed E-state index contributed by atoms with van der Waals surface area (Å²) in [6.07, 6.45) is 0.107. The van der Waals surface area contributed by atoms with Crippen LogP contribution in [-0.4, -0.2) is 33.4 Å². The van der Waals surface area contributed by atoms with Gasteiger partial charge in [-0.25, -0.2) is 13.2 Å². The number of methoxy groups -OCH3 is 1. The van der Waals surface area contributed by atoms with Gasteiger partial charge in [0.25, 0.3) is 15.9 Å². The molecule has 0 aliphatic carbocycles. The van der Waals surface area contributed by atoms with Crippen LogP contribution in [0.3, 0.4) is 0 Å². The Kier molecular flexibility index (Phi) is 10.8. The van der Waals surface area contributed by atoms with E-state index < -0.39 is 27.9 Å². The summed E-state index contributed by atoms with van der Waals surface area (Å²) in [5.41, 5.74) is 4.26. The van der Waals surface area contributed by atoms with Crippen LogP contribution in [0.1, 0.15) is 15.9 Å². The third-order valence-electron chi connectivity index (χ3n) is 8.10. The smallest absolute Gasteiger partial charge is 0.328 e. The largest absolute Gasteiger partial charge is 0.467 e. The summed E-state index contributed by atoms with van der Waals surface area (Å²) in [4.78, 5) is 26.6. The van der Waals surface area contributed by atoms with Crippen LogP contribution in [0.25, 0.3) is 22.3 Å². The van der Waals surface area contributed by atoms with Gasteiger partial charge in [0, 0.05) is 17.0 Å². The molecule has 0 fully saturated rings. The average molecular weight is 717 g/mol. The van der Waals surface area contributed by atoms with Crippen molar-refractivity contribution in [1.29, 1.82) is 0 Å². The highest BCUT2D eigenvalue weighted by atomic mass is 35.5. The van der Waals surface area contributed by atoms with Crippen LogP contribution in [0.15, 0.2) is 157 Å². The maximum Gasteiger partial charge on any atom is 0.328 e. The van der Waals surface area contributed by atoms with Gasteiger partial charge < -0.3 is 14.8 Å². The van der Waals surface area contributed by atoms with Gasteiger partial charge in [-0.15, -0.1) is 0 Å². The number of anilines is 1. The van der Waals surface area contributed by atoms with Gasteiger partial charge in [-0.3, -0.25) is 9.52 Å².